The van der Waals surface area contributed by atoms with Crippen molar-refractivity contribution in [2.75, 3.05) is 13.2 Å². The first-order valence-electron chi connectivity index (χ1n) is 5.95. The van der Waals surface area contributed by atoms with Crippen LogP contribution in [0, 0.1) is 5.82 Å². The minimum Gasteiger partial charge on any atom is -0.377 e. The number of benzene rings is 1. The number of rotatable bonds is 4. The highest BCUT2D eigenvalue weighted by Crippen LogP contribution is 2.14. The van der Waals surface area contributed by atoms with Crippen molar-refractivity contribution in [1.29, 1.82) is 0 Å². The van der Waals surface area contributed by atoms with Crippen LogP contribution >= 0.6 is 0 Å². The van der Waals surface area contributed by atoms with Gasteiger partial charge in [-0.25, -0.2) is 17.5 Å². The van der Waals surface area contributed by atoms with Crippen molar-refractivity contribution in [3.05, 3.63) is 30.1 Å². The first-order chi connectivity index (χ1) is 8.58. The van der Waals surface area contributed by atoms with Crippen molar-refractivity contribution in [2.45, 2.75) is 30.3 Å². The van der Waals surface area contributed by atoms with Gasteiger partial charge in [-0.2, -0.15) is 0 Å². The standard InChI is InChI=1S/C12H16FNO3S/c13-10-4-6-12(7-5-10)18(15,16)14-9-11-3-1-2-8-17-11/h4-7,11,14H,1-3,8-9H2. The first-order valence-corrected chi connectivity index (χ1v) is 7.43. The van der Waals surface area contributed by atoms with Gasteiger partial charge >= 0.3 is 0 Å². The molecule has 0 radical (unpaired) electrons. The van der Waals surface area contributed by atoms with Crippen LogP contribution in [-0.2, 0) is 14.8 Å². The zero-order valence-corrected chi connectivity index (χ0v) is 10.7. The average Bonchev–Trinajstić information content (AvgIpc) is 2.38. The number of nitrogens with one attached hydrogen (secondary N) is 1. The lowest BCUT2D eigenvalue weighted by Crippen LogP contribution is -2.35. The molecule has 1 aliphatic rings. The number of hydrogen-bond donors (Lipinski definition) is 1. The Kier molecular flexibility index (Phi) is 4.31. The average molecular weight is 273 g/mol. The summed E-state index contributed by atoms with van der Waals surface area (Å²) in [7, 11) is -3.57. The highest BCUT2D eigenvalue weighted by molar-refractivity contribution is 7.89. The molecule has 2 rings (SSSR count). The van der Waals surface area contributed by atoms with Crippen LogP contribution in [0.1, 0.15) is 19.3 Å². The highest BCUT2D eigenvalue weighted by atomic mass is 32.2. The lowest BCUT2D eigenvalue weighted by atomic mass is 10.1. The smallest absolute Gasteiger partial charge is 0.240 e. The van der Waals surface area contributed by atoms with Crippen molar-refractivity contribution in [3.8, 4) is 0 Å². The van der Waals surface area contributed by atoms with Gasteiger partial charge in [0.2, 0.25) is 10.0 Å². The summed E-state index contributed by atoms with van der Waals surface area (Å²) in [5.41, 5.74) is 0. The molecule has 0 amide bonds. The van der Waals surface area contributed by atoms with Gasteiger partial charge < -0.3 is 4.74 Å². The van der Waals surface area contributed by atoms with Crippen molar-refractivity contribution in [2.24, 2.45) is 0 Å². The summed E-state index contributed by atoms with van der Waals surface area (Å²) >= 11 is 0. The van der Waals surface area contributed by atoms with Crippen LogP contribution in [0.5, 0.6) is 0 Å². The normalized spacial score (nSPS) is 20.8. The monoisotopic (exact) mass is 273 g/mol. The second-order valence-electron chi connectivity index (χ2n) is 4.29. The van der Waals surface area contributed by atoms with Crippen LogP contribution in [0.4, 0.5) is 4.39 Å². The predicted molar refractivity (Wildman–Crippen MR) is 65.2 cm³/mol. The van der Waals surface area contributed by atoms with Crippen LogP contribution in [0.3, 0.4) is 0 Å². The number of hydrogen-bond acceptors (Lipinski definition) is 3. The second kappa shape index (κ2) is 5.77. The van der Waals surface area contributed by atoms with E-state index in [0.29, 0.717) is 6.61 Å². The second-order valence-corrected chi connectivity index (χ2v) is 6.06. The lowest BCUT2D eigenvalue weighted by Gasteiger charge is -2.22. The summed E-state index contributed by atoms with van der Waals surface area (Å²) in [4.78, 5) is 0.0692. The molecule has 1 aromatic rings. The van der Waals surface area contributed by atoms with E-state index in [1.807, 2.05) is 0 Å². The molecular weight excluding hydrogens is 257 g/mol. The maximum atomic E-state index is 12.7. The van der Waals surface area contributed by atoms with Gasteiger partial charge in [0.05, 0.1) is 11.0 Å². The van der Waals surface area contributed by atoms with E-state index in [2.05, 4.69) is 4.72 Å². The first kappa shape index (κ1) is 13.5. The van der Waals surface area contributed by atoms with E-state index >= 15 is 0 Å². The Hall–Kier alpha value is -0.980. The highest BCUT2D eigenvalue weighted by Gasteiger charge is 2.19. The van der Waals surface area contributed by atoms with E-state index in [9.17, 15) is 12.8 Å². The summed E-state index contributed by atoms with van der Waals surface area (Å²) in [5.74, 6) is -0.454. The van der Waals surface area contributed by atoms with Crippen molar-refractivity contribution < 1.29 is 17.5 Å². The largest absolute Gasteiger partial charge is 0.377 e. The SMILES string of the molecule is O=S(=O)(NCC1CCCCO1)c1ccc(F)cc1. The van der Waals surface area contributed by atoms with Crippen molar-refractivity contribution in [3.63, 3.8) is 0 Å². The molecular formula is C12H16FNO3S. The summed E-state index contributed by atoms with van der Waals surface area (Å²) in [5, 5.41) is 0. The third-order valence-corrected chi connectivity index (χ3v) is 4.34. The van der Waals surface area contributed by atoms with E-state index in [-0.39, 0.29) is 17.5 Å². The molecule has 1 heterocycles. The fraction of sp³-hybridized carbons (Fsp3) is 0.500. The minimum absolute atomic E-state index is 0.0611. The third kappa shape index (κ3) is 3.51. The molecule has 1 N–H and O–H groups in total. The Bertz CT molecular complexity index is 481. The molecule has 6 heteroatoms. The van der Waals surface area contributed by atoms with Gasteiger partial charge in [-0.1, -0.05) is 0 Å². The lowest BCUT2D eigenvalue weighted by molar-refractivity contribution is 0.0200. The fourth-order valence-electron chi connectivity index (χ4n) is 1.87. The topological polar surface area (TPSA) is 55.4 Å². The minimum atomic E-state index is -3.57. The van der Waals surface area contributed by atoms with Gasteiger partial charge in [0.25, 0.3) is 0 Å². The Labute approximate surface area is 106 Å². The van der Waals surface area contributed by atoms with Gasteiger partial charge in [-0.05, 0) is 43.5 Å². The zero-order valence-electron chi connectivity index (χ0n) is 9.93. The Morgan fingerprint density at radius 2 is 2.00 bits per heavy atom. The third-order valence-electron chi connectivity index (χ3n) is 2.90. The number of ether oxygens (including phenoxy) is 1. The molecule has 1 atom stereocenters. The van der Waals surface area contributed by atoms with E-state index in [1.165, 1.54) is 12.1 Å². The molecule has 1 fully saturated rings. The number of halogens is 1. The van der Waals surface area contributed by atoms with E-state index < -0.39 is 15.8 Å². The molecule has 100 valence electrons. The molecule has 1 unspecified atom stereocenters. The quantitative estimate of drug-likeness (QED) is 0.908. The van der Waals surface area contributed by atoms with Gasteiger partial charge in [0.1, 0.15) is 5.82 Å². The predicted octanol–water partition coefficient (Wildman–Crippen LogP) is 1.67. The van der Waals surface area contributed by atoms with E-state index in [4.69, 9.17) is 4.74 Å². The molecule has 0 aliphatic carbocycles. The fourth-order valence-corrected chi connectivity index (χ4v) is 2.93. The molecule has 1 aliphatic heterocycles. The van der Waals surface area contributed by atoms with Crippen LogP contribution in [0.25, 0.3) is 0 Å². The summed E-state index contributed by atoms with van der Waals surface area (Å²) in [6, 6.07) is 4.76. The molecule has 18 heavy (non-hydrogen) atoms. The maximum absolute atomic E-state index is 12.7. The molecule has 1 saturated heterocycles. The molecule has 0 saturated carbocycles. The van der Waals surface area contributed by atoms with Gasteiger partial charge in [0.15, 0.2) is 0 Å². The molecule has 0 spiro atoms. The van der Waals surface area contributed by atoms with Gasteiger partial charge in [0, 0.05) is 13.2 Å². The van der Waals surface area contributed by atoms with E-state index in [1.54, 1.807) is 0 Å². The summed E-state index contributed by atoms with van der Waals surface area (Å²) < 4.78 is 44.4. The maximum Gasteiger partial charge on any atom is 0.240 e. The summed E-state index contributed by atoms with van der Waals surface area (Å²) in [6.45, 7) is 0.947. The van der Waals surface area contributed by atoms with Gasteiger partial charge in [-0.15, -0.1) is 0 Å². The van der Waals surface area contributed by atoms with Crippen molar-refractivity contribution in [1.82, 2.24) is 4.72 Å². The Morgan fingerprint density at radius 1 is 1.28 bits per heavy atom. The zero-order chi connectivity index (χ0) is 13.0. The van der Waals surface area contributed by atoms with Gasteiger partial charge in [-0.3, -0.25) is 0 Å². The van der Waals surface area contributed by atoms with Crippen LogP contribution in [0.2, 0.25) is 0 Å². The Balaban J connectivity index is 1.96. The Morgan fingerprint density at radius 3 is 2.61 bits per heavy atom. The molecule has 4 nitrogen and oxygen atoms in total. The molecule has 0 aromatic heterocycles. The number of sulfonamides is 1. The summed E-state index contributed by atoms with van der Waals surface area (Å²) in [6.07, 6.45) is 2.89. The molecule has 1 aromatic carbocycles. The van der Waals surface area contributed by atoms with E-state index in [0.717, 1.165) is 31.4 Å². The van der Waals surface area contributed by atoms with Crippen LogP contribution in [0.15, 0.2) is 29.2 Å². The van der Waals surface area contributed by atoms with Crippen LogP contribution < -0.4 is 4.72 Å². The van der Waals surface area contributed by atoms with Crippen molar-refractivity contribution >= 4 is 10.0 Å². The molecule has 0 bridgehead atoms. The van der Waals surface area contributed by atoms with Crippen LogP contribution in [-0.4, -0.2) is 27.7 Å².